The molecule has 0 aromatic heterocycles. The van der Waals surface area contributed by atoms with E-state index in [1.165, 1.54) is 43.1 Å². The lowest BCUT2D eigenvalue weighted by Gasteiger charge is -2.40. The molecule has 0 N–H and O–H groups in total. The molecule has 286 valence electrons. The first-order valence-electron chi connectivity index (χ1n) is 20.9. The first-order chi connectivity index (χ1) is 30.2. The number of rotatable bonds is 6. The first kappa shape index (κ1) is 34.9. The largest absolute Gasteiger partial charge is 0.310 e. The molecule has 3 nitrogen and oxygen atoms in total. The molecule has 0 saturated heterocycles. The van der Waals surface area contributed by atoms with Crippen molar-refractivity contribution in [1.29, 1.82) is 0 Å². The van der Waals surface area contributed by atoms with Gasteiger partial charge in [-0.2, -0.15) is 0 Å². The van der Waals surface area contributed by atoms with Crippen molar-refractivity contribution in [1.82, 2.24) is 0 Å². The van der Waals surface area contributed by atoms with Crippen molar-refractivity contribution in [3.63, 3.8) is 0 Å². The molecule has 11 aromatic carbocycles. The third-order valence-electron chi connectivity index (χ3n) is 12.3. The Kier molecular flexibility index (Phi) is 8.17. The van der Waals surface area contributed by atoms with Crippen molar-refractivity contribution >= 4 is 94.3 Å². The molecule has 61 heavy (non-hydrogen) atoms. The fourth-order valence-electron chi connectivity index (χ4n) is 9.43. The van der Waals surface area contributed by atoms with Gasteiger partial charge in [0, 0.05) is 28.4 Å². The van der Waals surface area contributed by atoms with E-state index in [9.17, 15) is 0 Å². The summed E-state index contributed by atoms with van der Waals surface area (Å²) in [6.07, 6.45) is 0. The molecular formula is C58H39N3. The fraction of sp³-hybridized carbons (Fsp3) is 0. The van der Waals surface area contributed by atoms with Gasteiger partial charge in [0.2, 0.25) is 0 Å². The van der Waals surface area contributed by atoms with E-state index in [0.717, 1.165) is 62.3 Å². The van der Waals surface area contributed by atoms with Gasteiger partial charge in [-0.05, 0) is 139 Å². The van der Waals surface area contributed by atoms with Gasteiger partial charge in [-0.3, -0.25) is 0 Å². The number of para-hydroxylation sites is 5. The van der Waals surface area contributed by atoms with Crippen LogP contribution in [0.5, 0.6) is 0 Å². The van der Waals surface area contributed by atoms with Crippen LogP contribution in [0.1, 0.15) is 0 Å². The predicted molar refractivity (Wildman–Crippen MR) is 260 cm³/mol. The van der Waals surface area contributed by atoms with Crippen molar-refractivity contribution in [2.45, 2.75) is 0 Å². The molecule has 0 amide bonds. The van der Waals surface area contributed by atoms with Gasteiger partial charge in [0.1, 0.15) is 0 Å². The van der Waals surface area contributed by atoms with Gasteiger partial charge in [0.15, 0.2) is 0 Å². The molecule has 0 saturated carbocycles. The molecule has 0 radical (unpaired) electrons. The van der Waals surface area contributed by atoms with E-state index in [0.29, 0.717) is 0 Å². The minimum absolute atomic E-state index is 1.10. The maximum Gasteiger partial charge on any atom is 0.0703 e. The second kappa shape index (κ2) is 14.3. The van der Waals surface area contributed by atoms with Crippen molar-refractivity contribution in [2.75, 3.05) is 14.7 Å². The number of benzene rings is 11. The van der Waals surface area contributed by atoms with Crippen LogP contribution in [0.3, 0.4) is 0 Å². The Bertz CT molecular complexity index is 3280. The van der Waals surface area contributed by atoms with E-state index in [1.54, 1.807) is 0 Å². The highest BCUT2D eigenvalue weighted by molar-refractivity contribution is 6.10. The molecule has 11 aromatic rings. The highest BCUT2D eigenvalue weighted by Crippen LogP contribution is 2.54. The van der Waals surface area contributed by atoms with Gasteiger partial charge in [0.05, 0.1) is 22.7 Å². The van der Waals surface area contributed by atoms with Gasteiger partial charge >= 0.3 is 0 Å². The Hall–Kier alpha value is -8.14. The summed E-state index contributed by atoms with van der Waals surface area (Å²) in [5.41, 5.74) is 12.5. The highest BCUT2D eigenvalue weighted by Gasteiger charge is 2.30. The molecule has 0 bridgehead atoms. The maximum absolute atomic E-state index is 2.40. The monoisotopic (exact) mass is 777 g/mol. The van der Waals surface area contributed by atoms with Crippen LogP contribution in [-0.2, 0) is 0 Å². The average Bonchev–Trinajstić information content (AvgIpc) is 3.33. The zero-order chi connectivity index (χ0) is 40.3. The Morgan fingerprint density at radius 2 is 0.672 bits per heavy atom. The van der Waals surface area contributed by atoms with Crippen molar-refractivity contribution < 1.29 is 0 Å². The third-order valence-corrected chi connectivity index (χ3v) is 12.3. The first-order valence-corrected chi connectivity index (χ1v) is 20.9. The van der Waals surface area contributed by atoms with Crippen LogP contribution in [0.4, 0.5) is 51.2 Å². The van der Waals surface area contributed by atoms with Crippen LogP contribution >= 0.6 is 0 Å². The number of fused-ring (bicyclic) bond motifs is 8. The summed E-state index contributed by atoms with van der Waals surface area (Å²) in [6.45, 7) is 0. The normalized spacial score (nSPS) is 12.2. The Morgan fingerprint density at radius 1 is 0.246 bits per heavy atom. The van der Waals surface area contributed by atoms with Crippen LogP contribution in [-0.4, -0.2) is 0 Å². The second-order valence-electron chi connectivity index (χ2n) is 15.8. The summed E-state index contributed by atoms with van der Waals surface area (Å²) >= 11 is 0. The molecule has 3 heteroatoms. The van der Waals surface area contributed by atoms with E-state index in [-0.39, 0.29) is 0 Å². The number of anilines is 9. The van der Waals surface area contributed by atoms with E-state index in [2.05, 4.69) is 251 Å². The maximum atomic E-state index is 2.40. The molecule has 0 fully saturated rings. The van der Waals surface area contributed by atoms with Gasteiger partial charge < -0.3 is 14.7 Å². The van der Waals surface area contributed by atoms with Crippen molar-refractivity contribution in [3.8, 4) is 11.1 Å². The van der Waals surface area contributed by atoms with Crippen LogP contribution in [0.2, 0.25) is 0 Å². The van der Waals surface area contributed by atoms with Crippen LogP contribution in [0.25, 0.3) is 54.2 Å². The topological polar surface area (TPSA) is 9.72 Å². The van der Waals surface area contributed by atoms with E-state index in [1.807, 2.05) is 0 Å². The van der Waals surface area contributed by atoms with Gasteiger partial charge in [0.25, 0.3) is 0 Å². The van der Waals surface area contributed by atoms with Gasteiger partial charge in [-0.15, -0.1) is 0 Å². The second-order valence-corrected chi connectivity index (χ2v) is 15.8. The SMILES string of the molecule is c1ccc(N2c3ccccc3N(c3cccc(-c4ccc(N(c5ccc6c(ccc7ccccc76)c5)c5ccc6c(ccc7ccccc76)c5)cc4)c3)c3ccccc32)cc1. The fourth-order valence-corrected chi connectivity index (χ4v) is 9.43. The number of hydrogen-bond donors (Lipinski definition) is 0. The lowest BCUT2D eigenvalue weighted by Crippen LogP contribution is -2.23. The standard InChI is InChI=1S/C58H39N3/c1-2-16-46(17-3-1)60-55-21-8-10-23-57(55)61(58-24-11-9-22-56(58)60)48-18-12-15-43(37-48)40-29-31-47(32-30-40)59(49-33-35-53-44(38-49)27-25-41-13-4-6-19-51(41)53)50-34-36-54-45(39-50)28-26-42-14-5-7-20-52(42)54/h1-39H. The van der Waals surface area contributed by atoms with Crippen molar-refractivity contribution in [2.24, 2.45) is 0 Å². The Morgan fingerprint density at radius 3 is 1.23 bits per heavy atom. The molecule has 1 aliphatic rings. The molecule has 0 unspecified atom stereocenters. The third kappa shape index (κ3) is 5.90. The summed E-state index contributed by atoms with van der Waals surface area (Å²) in [5, 5.41) is 10.00. The molecule has 0 atom stereocenters. The Labute approximate surface area is 355 Å². The summed E-state index contributed by atoms with van der Waals surface area (Å²) in [6, 6.07) is 86.0. The van der Waals surface area contributed by atoms with Crippen LogP contribution in [0.15, 0.2) is 237 Å². The lowest BCUT2D eigenvalue weighted by atomic mass is 9.99. The quantitative estimate of drug-likeness (QED) is 0.156. The minimum atomic E-state index is 1.10. The van der Waals surface area contributed by atoms with Crippen molar-refractivity contribution in [3.05, 3.63) is 237 Å². The summed E-state index contributed by atoms with van der Waals surface area (Å²) in [5.74, 6) is 0. The molecule has 1 aliphatic heterocycles. The van der Waals surface area contributed by atoms with Crippen LogP contribution < -0.4 is 14.7 Å². The molecule has 12 rings (SSSR count). The summed E-state index contributed by atoms with van der Waals surface area (Å²) in [7, 11) is 0. The van der Waals surface area contributed by atoms with E-state index in [4.69, 9.17) is 0 Å². The molecule has 0 aliphatic carbocycles. The summed E-state index contributed by atoms with van der Waals surface area (Å²) < 4.78 is 0. The smallest absolute Gasteiger partial charge is 0.0703 e. The lowest BCUT2D eigenvalue weighted by molar-refractivity contribution is 1.17. The predicted octanol–water partition coefficient (Wildman–Crippen LogP) is 16.7. The number of nitrogens with zero attached hydrogens (tertiary/aromatic N) is 3. The zero-order valence-corrected chi connectivity index (χ0v) is 33.4. The molecule has 1 heterocycles. The highest BCUT2D eigenvalue weighted by atomic mass is 15.3. The molecular weight excluding hydrogens is 739 g/mol. The van der Waals surface area contributed by atoms with E-state index < -0.39 is 0 Å². The molecule has 0 spiro atoms. The zero-order valence-electron chi connectivity index (χ0n) is 33.4. The summed E-state index contributed by atoms with van der Waals surface area (Å²) in [4.78, 5) is 7.16. The Balaban J connectivity index is 0.952. The number of hydrogen-bond acceptors (Lipinski definition) is 3. The van der Waals surface area contributed by atoms with Gasteiger partial charge in [-0.1, -0.05) is 152 Å². The van der Waals surface area contributed by atoms with E-state index >= 15 is 0 Å². The van der Waals surface area contributed by atoms with Crippen LogP contribution in [0, 0.1) is 0 Å². The average molecular weight is 778 g/mol. The minimum Gasteiger partial charge on any atom is -0.310 e. The van der Waals surface area contributed by atoms with Gasteiger partial charge in [-0.25, -0.2) is 0 Å².